The quantitative estimate of drug-likeness (QED) is 0.758. The maximum atomic E-state index is 12.7. The molecule has 3 rings (SSSR count). The number of rotatable bonds is 7. The summed E-state index contributed by atoms with van der Waals surface area (Å²) in [6.45, 7) is 4.61. The van der Waals surface area contributed by atoms with E-state index in [4.69, 9.17) is 9.47 Å². The van der Waals surface area contributed by atoms with Crippen LogP contribution >= 0.6 is 0 Å². The Hall–Kier alpha value is -2.09. The van der Waals surface area contributed by atoms with Crippen LogP contribution in [-0.4, -0.2) is 33.3 Å². The van der Waals surface area contributed by atoms with Crippen LogP contribution in [0.1, 0.15) is 30.9 Å². The summed E-state index contributed by atoms with van der Waals surface area (Å²) in [5, 5.41) is 11.0. The Morgan fingerprint density at radius 1 is 1.26 bits per heavy atom. The van der Waals surface area contributed by atoms with Crippen molar-refractivity contribution >= 4 is 10.0 Å². The van der Waals surface area contributed by atoms with Crippen LogP contribution in [0.4, 0.5) is 0 Å². The summed E-state index contributed by atoms with van der Waals surface area (Å²) >= 11 is 0. The first-order valence-electron chi connectivity index (χ1n) is 9.03. The van der Waals surface area contributed by atoms with Crippen LogP contribution in [0.3, 0.4) is 0 Å². The van der Waals surface area contributed by atoms with E-state index < -0.39 is 15.6 Å². The maximum Gasteiger partial charge on any atom is 0.240 e. The van der Waals surface area contributed by atoms with Gasteiger partial charge in [0.05, 0.1) is 18.1 Å². The van der Waals surface area contributed by atoms with Gasteiger partial charge in [-0.15, -0.1) is 0 Å². The number of fused-ring (bicyclic) bond motifs is 1. The standard InChI is InChI=1S/C20H25NO5S/c1-3-11-25-18-9-8-16(13-15(18)2)27(23,24)21-14-20(22)10-12-26-19-7-5-4-6-17(19)20/h4-9,13,21-22H,3,10-12,14H2,1-2H3. The minimum atomic E-state index is -3.77. The Labute approximate surface area is 160 Å². The van der Waals surface area contributed by atoms with E-state index in [0.717, 1.165) is 12.0 Å². The third-order valence-corrected chi connectivity index (χ3v) is 6.03. The number of benzene rings is 2. The fourth-order valence-electron chi connectivity index (χ4n) is 3.09. The average molecular weight is 391 g/mol. The molecule has 6 nitrogen and oxygen atoms in total. The molecule has 0 bridgehead atoms. The fourth-order valence-corrected chi connectivity index (χ4v) is 4.26. The average Bonchev–Trinajstić information content (AvgIpc) is 2.66. The first-order chi connectivity index (χ1) is 12.9. The number of aliphatic hydroxyl groups is 1. The van der Waals surface area contributed by atoms with Gasteiger partial charge in [0.15, 0.2) is 0 Å². The molecule has 146 valence electrons. The number of aryl methyl sites for hydroxylation is 1. The normalized spacial score (nSPS) is 19.2. The molecular formula is C20H25NO5S. The van der Waals surface area contributed by atoms with E-state index in [0.29, 0.717) is 36.7 Å². The van der Waals surface area contributed by atoms with Gasteiger partial charge in [-0.05, 0) is 43.2 Å². The number of nitrogens with one attached hydrogen (secondary N) is 1. The summed E-state index contributed by atoms with van der Waals surface area (Å²) in [5.41, 5.74) is 0.0427. The van der Waals surface area contributed by atoms with Gasteiger partial charge in [0.2, 0.25) is 10.0 Å². The molecule has 7 heteroatoms. The van der Waals surface area contributed by atoms with Gasteiger partial charge in [-0.3, -0.25) is 0 Å². The largest absolute Gasteiger partial charge is 0.493 e. The highest BCUT2D eigenvalue weighted by molar-refractivity contribution is 7.89. The summed E-state index contributed by atoms with van der Waals surface area (Å²) in [4.78, 5) is 0.146. The van der Waals surface area contributed by atoms with Crippen molar-refractivity contribution < 1.29 is 23.0 Å². The monoisotopic (exact) mass is 391 g/mol. The van der Waals surface area contributed by atoms with Gasteiger partial charge in [-0.1, -0.05) is 25.1 Å². The van der Waals surface area contributed by atoms with Crippen molar-refractivity contribution in [2.45, 2.75) is 37.2 Å². The van der Waals surface area contributed by atoms with E-state index in [2.05, 4.69) is 4.72 Å². The molecule has 0 amide bonds. The molecule has 1 aliphatic heterocycles. The molecule has 2 N–H and O–H groups in total. The van der Waals surface area contributed by atoms with Gasteiger partial charge in [0.25, 0.3) is 0 Å². The Morgan fingerprint density at radius 3 is 2.78 bits per heavy atom. The molecule has 27 heavy (non-hydrogen) atoms. The molecule has 0 saturated heterocycles. The van der Waals surface area contributed by atoms with E-state index in [-0.39, 0.29) is 11.4 Å². The Kier molecular flexibility index (Phi) is 5.74. The zero-order valence-electron chi connectivity index (χ0n) is 15.6. The lowest BCUT2D eigenvalue weighted by Gasteiger charge is -2.34. The van der Waals surface area contributed by atoms with Crippen molar-refractivity contribution in [3.05, 3.63) is 53.6 Å². The van der Waals surface area contributed by atoms with Gasteiger partial charge in [-0.25, -0.2) is 13.1 Å². The van der Waals surface area contributed by atoms with Gasteiger partial charge in [0.1, 0.15) is 17.1 Å². The zero-order valence-corrected chi connectivity index (χ0v) is 16.4. The van der Waals surface area contributed by atoms with Gasteiger partial charge in [-0.2, -0.15) is 0 Å². The van der Waals surface area contributed by atoms with Crippen molar-refractivity contribution in [1.82, 2.24) is 4.72 Å². The number of ether oxygens (including phenoxy) is 2. The van der Waals surface area contributed by atoms with Crippen LogP contribution in [0.2, 0.25) is 0 Å². The minimum Gasteiger partial charge on any atom is -0.493 e. The van der Waals surface area contributed by atoms with Crippen LogP contribution in [0.25, 0.3) is 0 Å². The third kappa shape index (κ3) is 4.26. The molecular weight excluding hydrogens is 366 g/mol. The summed E-state index contributed by atoms with van der Waals surface area (Å²) in [7, 11) is -3.77. The number of hydrogen-bond acceptors (Lipinski definition) is 5. The summed E-state index contributed by atoms with van der Waals surface area (Å²) in [6.07, 6.45) is 1.19. The fraction of sp³-hybridized carbons (Fsp3) is 0.400. The van der Waals surface area contributed by atoms with Crippen LogP contribution in [-0.2, 0) is 15.6 Å². The van der Waals surface area contributed by atoms with E-state index in [1.54, 1.807) is 30.3 Å². The predicted molar refractivity (Wildman–Crippen MR) is 103 cm³/mol. The van der Waals surface area contributed by atoms with Crippen molar-refractivity contribution in [1.29, 1.82) is 0 Å². The molecule has 1 atom stereocenters. The summed E-state index contributed by atoms with van der Waals surface area (Å²) < 4.78 is 39.1. The van der Waals surface area contributed by atoms with E-state index >= 15 is 0 Å². The summed E-state index contributed by atoms with van der Waals surface area (Å²) in [5.74, 6) is 1.26. The molecule has 0 fully saturated rings. The predicted octanol–water partition coefficient (Wildman–Crippen LogP) is 2.73. The molecule has 1 heterocycles. The lowest BCUT2D eigenvalue weighted by atomic mass is 9.88. The highest BCUT2D eigenvalue weighted by Crippen LogP contribution is 2.36. The van der Waals surface area contributed by atoms with E-state index in [1.807, 2.05) is 19.9 Å². The third-order valence-electron chi connectivity index (χ3n) is 4.63. The molecule has 0 radical (unpaired) electrons. The lowest BCUT2D eigenvalue weighted by molar-refractivity contribution is 0.00219. The molecule has 2 aromatic rings. The number of para-hydroxylation sites is 1. The second kappa shape index (κ2) is 7.88. The molecule has 2 aromatic carbocycles. The van der Waals surface area contributed by atoms with Gasteiger partial charge < -0.3 is 14.6 Å². The van der Waals surface area contributed by atoms with Crippen LogP contribution in [0, 0.1) is 6.92 Å². The smallest absolute Gasteiger partial charge is 0.240 e. The first-order valence-corrected chi connectivity index (χ1v) is 10.5. The van der Waals surface area contributed by atoms with Gasteiger partial charge >= 0.3 is 0 Å². The van der Waals surface area contributed by atoms with Crippen molar-refractivity contribution in [3.8, 4) is 11.5 Å². The Balaban J connectivity index is 1.77. The Bertz CT molecular complexity index is 912. The number of hydrogen-bond donors (Lipinski definition) is 2. The molecule has 0 saturated carbocycles. The first kappa shape index (κ1) is 19.7. The van der Waals surface area contributed by atoms with Gasteiger partial charge in [0, 0.05) is 18.5 Å². The van der Waals surface area contributed by atoms with Crippen LogP contribution in [0.5, 0.6) is 11.5 Å². The Morgan fingerprint density at radius 2 is 2.04 bits per heavy atom. The van der Waals surface area contributed by atoms with Crippen molar-refractivity contribution in [2.75, 3.05) is 19.8 Å². The van der Waals surface area contributed by atoms with Crippen molar-refractivity contribution in [2.24, 2.45) is 0 Å². The van der Waals surface area contributed by atoms with Crippen molar-refractivity contribution in [3.63, 3.8) is 0 Å². The maximum absolute atomic E-state index is 12.7. The van der Waals surface area contributed by atoms with E-state index in [1.165, 1.54) is 6.07 Å². The molecule has 0 aromatic heterocycles. The summed E-state index contributed by atoms with van der Waals surface area (Å²) in [6, 6.07) is 11.9. The minimum absolute atomic E-state index is 0.122. The topological polar surface area (TPSA) is 84.9 Å². The van der Waals surface area contributed by atoms with E-state index in [9.17, 15) is 13.5 Å². The molecule has 1 unspecified atom stereocenters. The molecule has 0 spiro atoms. The number of sulfonamides is 1. The SMILES string of the molecule is CCCOc1ccc(S(=O)(=O)NCC2(O)CCOc3ccccc32)cc1C. The van der Waals surface area contributed by atoms with Crippen LogP contribution < -0.4 is 14.2 Å². The zero-order chi connectivity index (χ0) is 19.5. The lowest BCUT2D eigenvalue weighted by Crippen LogP contribution is -2.43. The molecule has 1 aliphatic rings. The van der Waals surface area contributed by atoms with Crippen LogP contribution in [0.15, 0.2) is 47.4 Å². The second-order valence-electron chi connectivity index (χ2n) is 6.73. The molecule has 0 aliphatic carbocycles. The second-order valence-corrected chi connectivity index (χ2v) is 8.49. The highest BCUT2D eigenvalue weighted by Gasteiger charge is 2.36. The highest BCUT2D eigenvalue weighted by atomic mass is 32.2.